The van der Waals surface area contributed by atoms with Crippen molar-refractivity contribution in [3.63, 3.8) is 0 Å². The molecule has 1 aliphatic rings. The molecule has 3 heterocycles. The monoisotopic (exact) mass is 296 g/mol. The van der Waals surface area contributed by atoms with Crippen LogP contribution in [0.1, 0.15) is 26.6 Å². The number of aromatic amines is 1. The number of fused-ring (bicyclic) bond motifs is 1. The fourth-order valence-electron chi connectivity index (χ4n) is 2.11. The smallest absolute Gasteiger partial charge is 0.272 e. The Kier molecular flexibility index (Phi) is 3.54. The number of carbonyl (C=O) groups excluding carboxylic acids is 1. The molecule has 0 radical (unpaired) electrons. The predicted octanol–water partition coefficient (Wildman–Crippen LogP) is 1.70. The van der Waals surface area contributed by atoms with E-state index in [4.69, 9.17) is 11.6 Å². The first-order valence-electron chi connectivity index (χ1n) is 6.03. The molecular formula is C12H13ClN4OS. The average Bonchev–Trinajstić information content (AvgIpc) is 3.02. The van der Waals surface area contributed by atoms with Crippen LogP contribution < -0.4 is 10.6 Å². The molecule has 3 N–H and O–H groups in total. The van der Waals surface area contributed by atoms with Gasteiger partial charge in [-0.25, -0.2) is 0 Å². The van der Waals surface area contributed by atoms with E-state index in [1.54, 1.807) is 0 Å². The first-order chi connectivity index (χ1) is 9.24. The Morgan fingerprint density at radius 1 is 1.53 bits per heavy atom. The van der Waals surface area contributed by atoms with Gasteiger partial charge in [0.2, 0.25) is 0 Å². The van der Waals surface area contributed by atoms with Crippen molar-refractivity contribution in [1.82, 2.24) is 20.8 Å². The highest BCUT2D eigenvalue weighted by Crippen LogP contribution is 2.21. The maximum Gasteiger partial charge on any atom is 0.272 e. The standard InChI is InChI=1S/C12H13ClN4OS/c13-10-2-1-7(19-10)5-15-12(18)11-8-6-14-4-3-9(8)16-17-11/h1-2,14H,3-6H2,(H,15,18)(H,16,17). The minimum absolute atomic E-state index is 0.147. The lowest BCUT2D eigenvalue weighted by molar-refractivity contribution is 0.0945. The molecule has 0 spiro atoms. The predicted molar refractivity (Wildman–Crippen MR) is 74.5 cm³/mol. The van der Waals surface area contributed by atoms with Crippen LogP contribution in [0.5, 0.6) is 0 Å². The van der Waals surface area contributed by atoms with Crippen LogP contribution in [-0.2, 0) is 19.5 Å². The third kappa shape index (κ3) is 2.65. The van der Waals surface area contributed by atoms with Gasteiger partial charge in [-0.15, -0.1) is 11.3 Å². The largest absolute Gasteiger partial charge is 0.346 e. The van der Waals surface area contributed by atoms with Gasteiger partial charge in [-0.2, -0.15) is 5.10 Å². The van der Waals surface area contributed by atoms with Crippen LogP contribution >= 0.6 is 22.9 Å². The lowest BCUT2D eigenvalue weighted by atomic mass is 10.1. The quantitative estimate of drug-likeness (QED) is 0.807. The number of hydrogen-bond acceptors (Lipinski definition) is 4. The van der Waals surface area contributed by atoms with Gasteiger partial charge in [0.1, 0.15) is 0 Å². The zero-order valence-electron chi connectivity index (χ0n) is 10.1. The summed E-state index contributed by atoms with van der Waals surface area (Å²) in [5.41, 5.74) is 2.53. The Morgan fingerprint density at radius 3 is 3.21 bits per heavy atom. The van der Waals surface area contributed by atoms with Crippen LogP contribution in [0, 0.1) is 0 Å². The molecule has 2 aromatic rings. The van der Waals surface area contributed by atoms with Crippen LogP contribution in [0.15, 0.2) is 12.1 Å². The van der Waals surface area contributed by atoms with E-state index in [1.165, 1.54) is 11.3 Å². The topological polar surface area (TPSA) is 69.8 Å². The fraction of sp³-hybridized carbons (Fsp3) is 0.333. The molecule has 1 amide bonds. The molecule has 2 aromatic heterocycles. The maximum atomic E-state index is 12.1. The van der Waals surface area contributed by atoms with Crippen LogP contribution in [-0.4, -0.2) is 22.6 Å². The van der Waals surface area contributed by atoms with Gasteiger partial charge in [0.15, 0.2) is 5.69 Å². The summed E-state index contributed by atoms with van der Waals surface area (Å²) in [4.78, 5) is 13.1. The van der Waals surface area contributed by atoms with Gasteiger partial charge in [0, 0.05) is 35.6 Å². The highest BCUT2D eigenvalue weighted by atomic mass is 35.5. The molecule has 0 atom stereocenters. The van der Waals surface area contributed by atoms with Crippen LogP contribution in [0.4, 0.5) is 0 Å². The third-order valence-electron chi connectivity index (χ3n) is 3.07. The van der Waals surface area contributed by atoms with Crippen LogP contribution in [0.25, 0.3) is 0 Å². The number of nitrogens with zero attached hydrogens (tertiary/aromatic N) is 1. The first kappa shape index (κ1) is 12.7. The van der Waals surface area contributed by atoms with Gasteiger partial charge in [0.05, 0.1) is 10.9 Å². The molecule has 1 aliphatic heterocycles. The Hall–Kier alpha value is -1.37. The summed E-state index contributed by atoms with van der Waals surface area (Å²) in [6.45, 7) is 2.09. The fourth-order valence-corrected chi connectivity index (χ4v) is 3.14. The second-order valence-electron chi connectivity index (χ2n) is 4.34. The van der Waals surface area contributed by atoms with Crippen molar-refractivity contribution < 1.29 is 4.79 Å². The van der Waals surface area contributed by atoms with Crippen molar-refractivity contribution in [2.75, 3.05) is 6.54 Å². The molecule has 0 fully saturated rings. The molecule has 5 nitrogen and oxygen atoms in total. The summed E-state index contributed by atoms with van der Waals surface area (Å²) in [6, 6.07) is 3.74. The Labute approximate surface area is 119 Å². The van der Waals surface area contributed by atoms with E-state index in [9.17, 15) is 4.79 Å². The number of nitrogens with one attached hydrogen (secondary N) is 3. The minimum Gasteiger partial charge on any atom is -0.346 e. The van der Waals surface area contributed by atoms with Gasteiger partial charge in [0.25, 0.3) is 5.91 Å². The van der Waals surface area contributed by atoms with Gasteiger partial charge in [-0.05, 0) is 12.1 Å². The van der Waals surface area contributed by atoms with Gasteiger partial charge in [-0.3, -0.25) is 9.89 Å². The molecule has 0 saturated heterocycles. The normalized spacial score (nSPS) is 14.2. The van der Waals surface area contributed by atoms with Crippen molar-refractivity contribution in [2.24, 2.45) is 0 Å². The van der Waals surface area contributed by atoms with Gasteiger partial charge < -0.3 is 10.6 Å². The van der Waals surface area contributed by atoms with E-state index >= 15 is 0 Å². The molecule has 3 rings (SSSR count). The van der Waals surface area contributed by atoms with Crippen LogP contribution in [0.2, 0.25) is 4.34 Å². The summed E-state index contributed by atoms with van der Waals surface area (Å²) >= 11 is 7.32. The number of amides is 1. The van der Waals surface area contributed by atoms with E-state index in [2.05, 4.69) is 20.8 Å². The minimum atomic E-state index is -0.147. The summed E-state index contributed by atoms with van der Waals surface area (Å²) in [5, 5.41) is 13.2. The van der Waals surface area contributed by atoms with Crippen molar-refractivity contribution >= 4 is 28.8 Å². The number of aromatic nitrogens is 2. The number of rotatable bonds is 3. The van der Waals surface area contributed by atoms with Crippen molar-refractivity contribution in [2.45, 2.75) is 19.5 Å². The lowest BCUT2D eigenvalue weighted by Crippen LogP contribution is -2.28. The number of thiophene rings is 1. The Bertz CT molecular complexity index is 607. The molecule has 0 bridgehead atoms. The van der Waals surface area contributed by atoms with Gasteiger partial charge >= 0.3 is 0 Å². The van der Waals surface area contributed by atoms with Gasteiger partial charge in [-0.1, -0.05) is 11.6 Å². The summed E-state index contributed by atoms with van der Waals surface area (Å²) < 4.78 is 0.727. The Morgan fingerprint density at radius 2 is 2.42 bits per heavy atom. The second-order valence-corrected chi connectivity index (χ2v) is 6.14. The first-order valence-corrected chi connectivity index (χ1v) is 7.23. The highest BCUT2D eigenvalue weighted by molar-refractivity contribution is 7.16. The zero-order valence-corrected chi connectivity index (χ0v) is 11.7. The number of carbonyl (C=O) groups is 1. The van der Waals surface area contributed by atoms with Crippen molar-refractivity contribution in [3.05, 3.63) is 38.3 Å². The molecule has 0 unspecified atom stereocenters. The molecule has 100 valence electrons. The maximum absolute atomic E-state index is 12.1. The number of H-pyrrole nitrogens is 1. The molecule has 7 heteroatoms. The highest BCUT2D eigenvalue weighted by Gasteiger charge is 2.21. The van der Waals surface area contributed by atoms with E-state index in [-0.39, 0.29) is 5.91 Å². The summed E-state index contributed by atoms with van der Waals surface area (Å²) in [5.74, 6) is -0.147. The molecule has 0 aromatic carbocycles. The third-order valence-corrected chi connectivity index (χ3v) is 4.30. The zero-order chi connectivity index (χ0) is 13.2. The van der Waals surface area contributed by atoms with E-state index in [0.717, 1.165) is 33.4 Å². The van der Waals surface area contributed by atoms with E-state index in [0.29, 0.717) is 18.8 Å². The van der Waals surface area contributed by atoms with Crippen molar-refractivity contribution in [1.29, 1.82) is 0 Å². The van der Waals surface area contributed by atoms with Crippen molar-refractivity contribution in [3.8, 4) is 0 Å². The van der Waals surface area contributed by atoms with E-state index < -0.39 is 0 Å². The number of hydrogen-bond donors (Lipinski definition) is 3. The average molecular weight is 297 g/mol. The molecular weight excluding hydrogens is 284 g/mol. The second kappa shape index (κ2) is 5.32. The Balaban J connectivity index is 1.69. The molecule has 19 heavy (non-hydrogen) atoms. The summed E-state index contributed by atoms with van der Waals surface area (Å²) in [7, 11) is 0. The molecule has 0 aliphatic carbocycles. The van der Waals surface area contributed by atoms with Crippen LogP contribution in [0.3, 0.4) is 0 Å². The summed E-state index contributed by atoms with van der Waals surface area (Å²) in [6.07, 6.45) is 0.885. The van der Waals surface area contributed by atoms with E-state index in [1.807, 2.05) is 12.1 Å². The lowest BCUT2D eigenvalue weighted by Gasteiger charge is -2.12. The number of halogens is 1. The molecule has 0 saturated carbocycles. The SMILES string of the molecule is O=C(NCc1ccc(Cl)s1)c1n[nH]c2c1CNCC2.